The van der Waals surface area contributed by atoms with E-state index in [1.807, 2.05) is 6.08 Å². The van der Waals surface area contributed by atoms with Gasteiger partial charge in [0.2, 0.25) is 0 Å². The van der Waals surface area contributed by atoms with Crippen molar-refractivity contribution in [3.8, 4) is 0 Å². The highest BCUT2D eigenvalue weighted by atomic mass is 15.2. The summed E-state index contributed by atoms with van der Waals surface area (Å²) in [4.78, 5) is 2.64. The number of rotatable bonds is 5. The number of nitrogens with zero attached hydrogens (tertiary/aromatic N) is 1. The van der Waals surface area contributed by atoms with E-state index < -0.39 is 0 Å². The van der Waals surface area contributed by atoms with Crippen LogP contribution in [0.4, 0.5) is 0 Å². The Hall–Kier alpha value is -0.340. The van der Waals surface area contributed by atoms with Gasteiger partial charge in [-0.2, -0.15) is 0 Å². The summed E-state index contributed by atoms with van der Waals surface area (Å²) in [6.45, 7) is 14.0. The van der Waals surface area contributed by atoms with E-state index in [0.29, 0.717) is 6.04 Å². The van der Waals surface area contributed by atoms with Crippen LogP contribution in [-0.4, -0.2) is 36.6 Å². The first-order valence-corrected chi connectivity index (χ1v) is 6.22. The summed E-state index contributed by atoms with van der Waals surface area (Å²) in [5.74, 6) is 0.864. The average Bonchev–Trinajstić information content (AvgIpc) is 2.22. The highest BCUT2D eigenvalue weighted by molar-refractivity contribution is 4.82. The van der Waals surface area contributed by atoms with E-state index in [1.54, 1.807) is 0 Å². The van der Waals surface area contributed by atoms with Gasteiger partial charge in [0.1, 0.15) is 0 Å². The summed E-state index contributed by atoms with van der Waals surface area (Å²) < 4.78 is 0. The molecule has 0 bridgehead atoms. The Balaban J connectivity index is 2.35. The van der Waals surface area contributed by atoms with Crippen LogP contribution in [0.25, 0.3) is 0 Å². The zero-order chi connectivity index (χ0) is 11.3. The molecule has 1 rings (SSSR count). The average molecular weight is 210 g/mol. The number of piperidine rings is 1. The van der Waals surface area contributed by atoms with Gasteiger partial charge >= 0.3 is 0 Å². The lowest BCUT2D eigenvalue weighted by Gasteiger charge is -2.40. The van der Waals surface area contributed by atoms with E-state index >= 15 is 0 Å². The molecule has 0 aromatic heterocycles. The summed E-state index contributed by atoms with van der Waals surface area (Å²) in [5.41, 5.74) is 0. The SMILES string of the molecule is C=CCNCC(C)N1CC(C)CCC1C. The van der Waals surface area contributed by atoms with Gasteiger partial charge in [-0.3, -0.25) is 4.90 Å². The van der Waals surface area contributed by atoms with Gasteiger partial charge in [0.15, 0.2) is 0 Å². The van der Waals surface area contributed by atoms with Crippen LogP contribution >= 0.6 is 0 Å². The Morgan fingerprint density at radius 2 is 2.20 bits per heavy atom. The van der Waals surface area contributed by atoms with E-state index in [1.165, 1.54) is 19.4 Å². The van der Waals surface area contributed by atoms with Gasteiger partial charge in [-0.1, -0.05) is 13.0 Å². The van der Waals surface area contributed by atoms with Gasteiger partial charge in [-0.25, -0.2) is 0 Å². The van der Waals surface area contributed by atoms with Crippen molar-refractivity contribution in [1.82, 2.24) is 10.2 Å². The fourth-order valence-corrected chi connectivity index (χ4v) is 2.45. The van der Waals surface area contributed by atoms with E-state index in [-0.39, 0.29) is 0 Å². The molecule has 3 atom stereocenters. The van der Waals surface area contributed by atoms with Crippen LogP contribution in [0.1, 0.15) is 33.6 Å². The normalized spacial score (nSPS) is 30.1. The van der Waals surface area contributed by atoms with E-state index in [4.69, 9.17) is 0 Å². The molecular weight excluding hydrogens is 184 g/mol. The summed E-state index contributed by atoms with van der Waals surface area (Å²) >= 11 is 0. The number of likely N-dealkylation sites (tertiary alicyclic amines) is 1. The number of hydrogen-bond donors (Lipinski definition) is 1. The quantitative estimate of drug-likeness (QED) is 0.553. The Morgan fingerprint density at radius 3 is 2.87 bits per heavy atom. The van der Waals surface area contributed by atoms with Crippen molar-refractivity contribution in [3.63, 3.8) is 0 Å². The summed E-state index contributed by atoms with van der Waals surface area (Å²) in [6.07, 6.45) is 4.67. The van der Waals surface area contributed by atoms with Crippen molar-refractivity contribution < 1.29 is 0 Å². The molecular formula is C13H26N2. The third-order valence-corrected chi connectivity index (χ3v) is 3.46. The third-order valence-electron chi connectivity index (χ3n) is 3.46. The van der Waals surface area contributed by atoms with Crippen molar-refractivity contribution in [3.05, 3.63) is 12.7 Å². The van der Waals surface area contributed by atoms with Gasteiger partial charge in [0, 0.05) is 31.7 Å². The first kappa shape index (κ1) is 12.7. The lowest BCUT2D eigenvalue weighted by molar-refractivity contribution is 0.0846. The zero-order valence-corrected chi connectivity index (χ0v) is 10.5. The van der Waals surface area contributed by atoms with Gasteiger partial charge in [0.25, 0.3) is 0 Å². The van der Waals surface area contributed by atoms with Crippen LogP contribution in [-0.2, 0) is 0 Å². The fraction of sp³-hybridized carbons (Fsp3) is 0.846. The Morgan fingerprint density at radius 1 is 1.47 bits per heavy atom. The minimum atomic E-state index is 0.641. The van der Waals surface area contributed by atoms with Crippen LogP contribution in [0.3, 0.4) is 0 Å². The predicted molar refractivity (Wildman–Crippen MR) is 67.1 cm³/mol. The van der Waals surface area contributed by atoms with Crippen molar-refractivity contribution in [2.75, 3.05) is 19.6 Å². The van der Waals surface area contributed by atoms with Crippen molar-refractivity contribution in [1.29, 1.82) is 0 Å². The van der Waals surface area contributed by atoms with E-state index in [2.05, 4.69) is 37.6 Å². The molecule has 1 heterocycles. The molecule has 0 aromatic carbocycles. The smallest absolute Gasteiger partial charge is 0.0195 e. The highest BCUT2D eigenvalue weighted by Gasteiger charge is 2.26. The molecule has 1 fully saturated rings. The van der Waals surface area contributed by atoms with Crippen molar-refractivity contribution >= 4 is 0 Å². The molecule has 1 saturated heterocycles. The van der Waals surface area contributed by atoms with Crippen molar-refractivity contribution in [2.45, 2.75) is 45.7 Å². The number of nitrogens with one attached hydrogen (secondary N) is 1. The van der Waals surface area contributed by atoms with E-state index in [0.717, 1.165) is 25.0 Å². The topological polar surface area (TPSA) is 15.3 Å². The Bertz CT molecular complexity index is 191. The predicted octanol–water partition coefficient (Wildman–Crippen LogP) is 2.27. The lowest BCUT2D eigenvalue weighted by atomic mass is 9.93. The molecule has 2 heteroatoms. The molecule has 0 aliphatic carbocycles. The van der Waals surface area contributed by atoms with Crippen molar-refractivity contribution in [2.24, 2.45) is 5.92 Å². The second-order valence-corrected chi connectivity index (χ2v) is 5.02. The van der Waals surface area contributed by atoms with Gasteiger partial charge in [-0.05, 0) is 32.6 Å². The minimum absolute atomic E-state index is 0.641. The summed E-state index contributed by atoms with van der Waals surface area (Å²) in [6, 6.07) is 1.39. The first-order valence-electron chi connectivity index (χ1n) is 6.22. The second-order valence-electron chi connectivity index (χ2n) is 5.02. The van der Waals surface area contributed by atoms with Gasteiger partial charge in [0.05, 0.1) is 0 Å². The molecule has 1 N–H and O–H groups in total. The third kappa shape index (κ3) is 3.96. The molecule has 2 nitrogen and oxygen atoms in total. The van der Waals surface area contributed by atoms with Crippen LogP contribution < -0.4 is 5.32 Å². The summed E-state index contributed by atoms with van der Waals surface area (Å²) in [5, 5.41) is 3.41. The minimum Gasteiger partial charge on any atom is -0.312 e. The van der Waals surface area contributed by atoms with Crippen LogP contribution in [0.2, 0.25) is 0 Å². The Labute approximate surface area is 94.7 Å². The zero-order valence-electron chi connectivity index (χ0n) is 10.5. The fourth-order valence-electron chi connectivity index (χ4n) is 2.45. The van der Waals surface area contributed by atoms with E-state index in [9.17, 15) is 0 Å². The second kappa shape index (κ2) is 6.29. The molecule has 0 spiro atoms. The molecule has 0 aromatic rings. The van der Waals surface area contributed by atoms with Crippen LogP contribution in [0, 0.1) is 5.92 Å². The molecule has 0 amide bonds. The molecule has 15 heavy (non-hydrogen) atoms. The van der Waals surface area contributed by atoms with Gasteiger partial charge in [-0.15, -0.1) is 6.58 Å². The maximum Gasteiger partial charge on any atom is 0.0195 e. The standard InChI is InChI=1S/C13H26N2/c1-5-8-14-9-13(4)15-10-11(2)6-7-12(15)3/h5,11-14H,1,6-10H2,2-4H3. The largest absolute Gasteiger partial charge is 0.312 e. The molecule has 0 radical (unpaired) electrons. The van der Waals surface area contributed by atoms with Gasteiger partial charge < -0.3 is 5.32 Å². The number of hydrogen-bond acceptors (Lipinski definition) is 2. The molecule has 3 unspecified atom stereocenters. The van der Waals surface area contributed by atoms with Crippen LogP contribution in [0.5, 0.6) is 0 Å². The summed E-state index contributed by atoms with van der Waals surface area (Å²) in [7, 11) is 0. The monoisotopic (exact) mass is 210 g/mol. The van der Waals surface area contributed by atoms with Crippen LogP contribution in [0.15, 0.2) is 12.7 Å². The maximum atomic E-state index is 3.72. The Kier molecular flexibility index (Phi) is 5.34. The maximum absolute atomic E-state index is 3.72. The first-order chi connectivity index (χ1) is 7.15. The molecule has 0 saturated carbocycles. The molecule has 1 aliphatic heterocycles. The highest BCUT2D eigenvalue weighted by Crippen LogP contribution is 2.22. The lowest BCUT2D eigenvalue weighted by Crippen LogP contribution is -2.49. The molecule has 88 valence electrons. The molecule has 1 aliphatic rings.